The van der Waals surface area contributed by atoms with Crippen LogP contribution in [0.4, 0.5) is 22.7 Å². The molecule has 0 amide bonds. The van der Waals surface area contributed by atoms with E-state index in [1.54, 1.807) is 30.3 Å². The van der Waals surface area contributed by atoms with Crippen molar-refractivity contribution in [1.29, 1.82) is 0 Å². The maximum absolute atomic E-state index is 14.4. The van der Waals surface area contributed by atoms with Gasteiger partial charge in [-0.25, -0.2) is 19.2 Å². The molecule has 6 aromatic rings. The molecule has 8 rings (SSSR count). The van der Waals surface area contributed by atoms with Gasteiger partial charge in [0.25, 0.3) is 22.7 Å². The number of halogens is 1. The summed E-state index contributed by atoms with van der Waals surface area (Å²) in [6.07, 6.45) is -6.02. The summed E-state index contributed by atoms with van der Waals surface area (Å²) in [5.74, 6) is -6.59. The van der Waals surface area contributed by atoms with E-state index in [2.05, 4.69) is 0 Å². The van der Waals surface area contributed by atoms with Gasteiger partial charge in [0, 0.05) is 59.1 Å². The summed E-state index contributed by atoms with van der Waals surface area (Å²) in [5, 5.41) is 46.3. The number of carbonyl (C=O) groups excluding carboxylic acids is 4. The van der Waals surface area contributed by atoms with Crippen molar-refractivity contribution >= 4 is 58.2 Å². The predicted molar refractivity (Wildman–Crippen MR) is 254 cm³/mol. The molecule has 2 heterocycles. The van der Waals surface area contributed by atoms with Crippen LogP contribution in [0.5, 0.6) is 5.75 Å². The van der Waals surface area contributed by atoms with Gasteiger partial charge in [-0.1, -0.05) is 29.8 Å². The molecule has 2 saturated heterocycles. The van der Waals surface area contributed by atoms with Crippen LogP contribution in [0.15, 0.2) is 140 Å². The second kappa shape index (κ2) is 21.3. The fourth-order valence-electron chi connectivity index (χ4n) is 8.17. The summed E-state index contributed by atoms with van der Waals surface area (Å²) >= 11 is 6.82. The van der Waals surface area contributed by atoms with E-state index in [1.807, 2.05) is 6.92 Å². The van der Waals surface area contributed by atoms with Gasteiger partial charge in [-0.2, -0.15) is 0 Å². The fraction of sp³-hybridized carbons (Fsp3) is 0.200. The van der Waals surface area contributed by atoms with Crippen LogP contribution >= 0.6 is 11.6 Å². The van der Waals surface area contributed by atoms with Gasteiger partial charge in [0.1, 0.15) is 12.4 Å². The number of benzene rings is 6. The number of rotatable bonds is 18. The van der Waals surface area contributed by atoms with Crippen molar-refractivity contribution in [2.45, 2.75) is 43.0 Å². The highest BCUT2D eigenvalue weighted by Crippen LogP contribution is 2.53. The molecule has 74 heavy (non-hydrogen) atoms. The quantitative estimate of drug-likeness (QED) is 0.0337. The Morgan fingerprint density at radius 1 is 0.581 bits per heavy atom. The van der Waals surface area contributed by atoms with Crippen molar-refractivity contribution in [1.82, 2.24) is 0 Å². The topological polar surface area (TPSA) is 305 Å². The van der Waals surface area contributed by atoms with Gasteiger partial charge in [-0.15, -0.1) is 0 Å². The first-order valence-corrected chi connectivity index (χ1v) is 22.4. The van der Waals surface area contributed by atoms with Crippen LogP contribution in [0, 0.1) is 40.5 Å². The number of carbonyl (C=O) groups is 4. The number of hydrogen-bond acceptors (Lipinski definition) is 19. The van der Waals surface area contributed by atoms with Crippen molar-refractivity contribution in [2.75, 3.05) is 19.8 Å². The van der Waals surface area contributed by atoms with E-state index in [9.17, 15) is 59.6 Å². The molecule has 0 unspecified atom stereocenters. The van der Waals surface area contributed by atoms with Gasteiger partial charge >= 0.3 is 23.9 Å². The minimum atomic E-state index is -2.44. The number of esters is 4. The summed E-state index contributed by atoms with van der Waals surface area (Å²) in [6.45, 7) is 0.624. The molecule has 0 aliphatic carbocycles. The van der Waals surface area contributed by atoms with E-state index in [-0.39, 0.29) is 50.6 Å². The monoisotopic (exact) mass is 1030 g/mol. The molecule has 2 bridgehead atoms. The predicted octanol–water partition coefficient (Wildman–Crippen LogP) is 8.45. The Morgan fingerprint density at radius 2 is 1.01 bits per heavy atom. The van der Waals surface area contributed by atoms with Crippen molar-refractivity contribution in [3.05, 3.63) is 224 Å². The molecule has 6 aromatic carbocycles. The third-order valence-electron chi connectivity index (χ3n) is 11.9. The first-order valence-electron chi connectivity index (χ1n) is 22.0. The highest BCUT2D eigenvalue weighted by Gasteiger charge is 2.72. The lowest BCUT2D eigenvalue weighted by Gasteiger charge is -2.49. The molecule has 0 spiro atoms. The molecular formula is C50H37ClN4O19. The average molecular weight is 1030 g/mol. The molecular weight excluding hydrogens is 996 g/mol. The lowest BCUT2D eigenvalue weighted by Crippen LogP contribution is -2.68. The van der Waals surface area contributed by atoms with Crippen LogP contribution in [0.2, 0.25) is 5.02 Å². The van der Waals surface area contributed by atoms with E-state index >= 15 is 0 Å². The van der Waals surface area contributed by atoms with Gasteiger partial charge in [-0.05, 0) is 97.3 Å². The highest BCUT2D eigenvalue weighted by atomic mass is 35.5. The molecule has 0 N–H and O–H groups in total. The summed E-state index contributed by atoms with van der Waals surface area (Å²) < 4.78 is 43.4. The largest absolute Gasteiger partial charge is 0.494 e. The number of nitro groups is 4. The molecule has 378 valence electrons. The third kappa shape index (κ3) is 10.7. The van der Waals surface area contributed by atoms with Gasteiger partial charge < -0.3 is 33.2 Å². The fourth-order valence-corrected chi connectivity index (χ4v) is 8.36. The van der Waals surface area contributed by atoms with Gasteiger partial charge in [-0.3, -0.25) is 40.5 Å². The van der Waals surface area contributed by atoms with Gasteiger partial charge in [0.15, 0.2) is 17.8 Å². The van der Waals surface area contributed by atoms with Crippen molar-refractivity contribution in [3.8, 4) is 5.75 Å². The number of hydrogen-bond donors (Lipinski definition) is 0. The van der Waals surface area contributed by atoms with Crippen LogP contribution < -0.4 is 4.74 Å². The lowest BCUT2D eigenvalue weighted by molar-refractivity contribution is -0.385. The van der Waals surface area contributed by atoms with Gasteiger partial charge in [0.05, 0.1) is 55.2 Å². The minimum absolute atomic E-state index is 0.0458. The Balaban J connectivity index is 1.30. The van der Waals surface area contributed by atoms with E-state index < -0.39 is 97.9 Å². The first-order chi connectivity index (χ1) is 35.4. The number of fused-ring (bicyclic) bond motifs is 2. The molecule has 2 fully saturated rings. The van der Waals surface area contributed by atoms with Gasteiger partial charge in [0.2, 0.25) is 11.9 Å². The summed E-state index contributed by atoms with van der Waals surface area (Å²) in [5.41, 5.74) is -3.60. The maximum atomic E-state index is 14.4. The zero-order chi connectivity index (χ0) is 52.9. The molecule has 24 heteroatoms. The molecule has 0 saturated carbocycles. The lowest BCUT2D eigenvalue weighted by atomic mass is 9.82. The molecule has 2 aliphatic rings. The number of nitro benzene ring substituents is 4. The molecule has 5 atom stereocenters. The summed E-state index contributed by atoms with van der Waals surface area (Å²) in [6, 6.07) is 28.3. The third-order valence-corrected chi connectivity index (χ3v) is 12.2. The Hall–Kier alpha value is -9.19. The molecule has 0 aromatic heterocycles. The maximum Gasteiger partial charge on any atom is 0.338 e. The minimum Gasteiger partial charge on any atom is -0.494 e. The van der Waals surface area contributed by atoms with Crippen LogP contribution in [0.25, 0.3) is 0 Å². The van der Waals surface area contributed by atoms with E-state index in [0.717, 1.165) is 103 Å². The molecule has 23 nitrogen and oxygen atoms in total. The summed E-state index contributed by atoms with van der Waals surface area (Å²) in [4.78, 5) is 100. The van der Waals surface area contributed by atoms with E-state index in [4.69, 9.17) is 44.8 Å². The Labute approximate surface area is 421 Å². The Bertz CT molecular complexity index is 3180. The van der Waals surface area contributed by atoms with Crippen LogP contribution in [0.1, 0.15) is 65.0 Å². The normalized spacial score (nSPS) is 19.6. The Kier molecular flexibility index (Phi) is 14.7. The zero-order valence-electron chi connectivity index (χ0n) is 38.3. The van der Waals surface area contributed by atoms with E-state index in [0.29, 0.717) is 17.9 Å². The number of ether oxygens (including phenoxy) is 7. The summed E-state index contributed by atoms with van der Waals surface area (Å²) in [7, 11) is 0. The second-order valence-electron chi connectivity index (χ2n) is 16.5. The molecule has 2 aliphatic heterocycles. The standard InChI is InChI=1S/C50H37ClN4O19/c1-2-68-40-22-3-29(4-23-40)25-34-26-35(13-24-41(34)51)50-44(73-48(59)33-11-20-39(21-12-33)55(66)67)42(71-46(57)31-7-16-37(17-8-31)53(62)63)43(72-47(58)32-9-18-38(19-10-32)54(64)65)49(74-50,28-70-50)27-69-45(56)30-5-14-36(15-6-30)52(60)61/h3-24,26,42-44H,2,25,27-28H2,1H3/t42-,43-,44+,49-,50-/m0/s1. The van der Waals surface area contributed by atoms with E-state index in [1.165, 1.54) is 12.1 Å². The number of non-ortho nitro benzene ring substituents is 4. The van der Waals surface area contributed by atoms with Crippen molar-refractivity contribution < 1.29 is 72.0 Å². The highest BCUT2D eigenvalue weighted by molar-refractivity contribution is 6.31. The Morgan fingerprint density at radius 3 is 1.46 bits per heavy atom. The smallest absolute Gasteiger partial charge is 0.338 e. The van der Waals surface area contributed by atoms with Crippen LogP contribution in [-0.4, -0.2) is 87.3 Å². The van der Waals surface area contributed by atoms with Crippen LogP contribution in [-0.2, 0) is 40.6 Å². The van der Waals surface area contributed by atoms with Crippen molar-refractivity contribution in [3.63, 3.8) is 0 Å². The molecule has 0 radical (unpaired) electrons. The first kappa shape index (κ1) is 51.2. The van der Waals surface area contributed by atoms with Crippen LogP contribution in [0.3, 0.4) is 0 Å². The zero-order valence-corrected chi connectivity index (χ0v) is 39.0. The number of nitrogens with zero attached hydrogens (tertiary/aromatic N) is 4. The second-order valence-corrected chi connectivity index (χ2v) is 16.9. The SMILES string of the molecule is CCOc1ccc(Cc2cc([C@]34OC[C@](COC(=O)c5ccc([N+](=O)[O-])cc5)(O3)[C@@H](OC(=O)c3ccc([N+](=O)[O-])cc3)[C@H](OC(=O)c3ccc([N+](=O)[O-])cc3)[C@H]4OC(=O)c3ccc([N+](=O)[O-])cc3)ccc2Cl)cc1. The van der Waals surface area contributed by atoms with Crippen molar-refractivity contribution in [2.24, 2.45) is 0 Å². The average Bonchev–Trinajstić information content (AvgIpc) is 3.80.